The van der Waals surface area contributed by atoms with Crippen LogP contribution in [0.4, 0.5) is 0 Å². The van der Waals surface area contributed by atoms with Crippen molar-refractivity contribution in [3.63, 3.8) is 0 Å². The Morgan fingerprint density at radius 3 is 2.36 bits per heavy atom. The van der Waals surface area contributed by atoms with Gasteiger partial charge in [0.25, 0.3) is 0 Å². The van der Waals surface area contributed by atoms with Gasteiger partial charge in [-0.15, -0.1) is 0 Å². The molecular weight excluding hydrogens is 335 g/mol. The van der Waals surface area contributed by atoms with Crippen LogP contribution in [0.2, 0.25) is 0 Å². The van der Waals surface area contributed by atoms with E-state index in [0.717, 1.165) is 43.2 Å². The van der Waals surface area contributed by atoms with Crippen LogP contribution >= 0.6 is 7.82 Å². The molecule has 0 radical (unpaired) electrons. The van der Waals surface area contributed by atoms with E-state index in [4.69, 9.17) is 4.52 Å². The predicted octanol–water partition coefficient (Wildman–Crippen LogP) is 5.58. The maximum absolute atomic E-state index is 11.5. The number of unbranched alkanes of at least 4 members (excludes halogenated alkanes) is 1. The highest BCUT2D eigenvalue weighted by Gasteiger charge is 2.23. The second kappa shape index (κ2) is 9.19. The van der Waals surface area contributed by atoms with Crippen LogP contribution in [0.3, 0.4) is 0 Å². The molecule has 2 rings (SSSR count). The molecule has 25 heavy (non-hydrogen) atoms. The number of para-hydroxylation sites is 1. The Morgan fingerprint density at radius 1 is 1.04 bits per heavy atom. The summed E-state index contributed by atoms with van der Waals surface area (Å²) in [4.78, 5) is 18.8. The Hall–Kier alpha value is -1.61. The van der Waals surface area contributed by atoms with Crippen molar-refractivity contribution in [3.8, 4) is 16.9 Å². The van der Waals surface area contributed by atoms with Crippen molar-refractivity contribution in [2.45, 2.75) is 46.0 Å². The minimum Gasteiger partial charge on any atom is -0.403 e. The zero-order valence-electron chi connectivity index (χ0n) is 14.9. The molecule has 136 valence electrons. The van der Waals surface area contributed by atoms with Crippen molar-refractivity contribution < 1.29 is 18.9 Å². The Balaban J connectivity index is 2.43. The van der Waals surface area contributed by atoms with Gasteiger partial charge in [-0.05, 0) is 23.5 Å². The summed E-state index contributed by atoms with van der Waals surface area (Å²) in [5.74, 6) is 0.780. The second-order valence-corrected chi connectivity index (χ2v) is 7.53. The summed E-state index contributed by atoms with van der Waals surface area (Å²) in [5, 5.41) is 0. The largest absolute Gasteiger partial charge is 0.524 e. The lowest BCUT2D eigenvalue weighted by atomic mass is 9.90. The molecule has 0 heterocycles. The van der Waals surface area contributed by atoms with Gasteiger partial charge < -0.3 is 4.52 Å². The van der Waals surface area contributed by atoms with E-state index >= 15 is 0 Å². The molecule has 2 N–H and O–H groups in total. The molecule has 0 amide bonds. The Kier molecular flexibility index (Phi) is 7.24. The van der Waals surface area contributed by atoms with Crippen molar-refractivity contribution in [2.75, 3.05) is 0 Å². The predicted molar refractivity (Wildman–Crippen MR) is 102 cm³/mol. The zero-order valence-corrected chi connectivity index (χ0v) is 15.8. The van der Waals surface area contributed by atoms with Gasteiger partial charge in [-0.3, -0.25) is 9.79 Å². The summed E-state index contributed by atoms with van der Waals surface area (Å²) in [6.07, 6.45) is 5.20. The Morgan fingerprint density at radius 2 is 1.76 bits per heavy atom. The van der Waals surface area contributed by atoms with Crippen LogP contribution < -0.4 is 4.52 Å². The van der Waals surface area contributed by atoms with E-state index in [9.17, 15) is 14.4 Å². The van der Waals surface area contributed by atoms with Crippen LogP contribution in [-0.4, -0.2) is 9.79 Å². The third-order valence-corrected chi connectivity index (χ3v) is 4.86. The lowest BCUT2D eigenvalue weighted by molar-refractivity contribution is 0.282. The van der Waals surface area contributed by atoms with Gasteiger partial charge in [0, 0.05) is 5.56 Å². The van der Waals surface area contributed by atoms with Crippen molar-refractivity contribution in [2.24, 2.45) is 5.92 Å². The third-order valence-electron chi connectivity index (χ3n) is 4.44. The highest BCUT2D eigenvalue weighted by Crippen LogP contribution is 2.45. The van der Waals surface area contributed by atoms with E-state index in [1.54, 1.807) is 0 Å². The van der Waals surface area contributed by atoms with Gasteiger partial charge in [0.15, 0.2) is 0 Å². The molecule has 2 aromatic carbocycles. The number of phosphoric ester groups is 1. The molecule has 0 fully saturated rings. The first-order valence-electron chi connectivity index (χ1n) is 8.87. The monoisotopic (exact) mass is 362 g/mol. The van der Waals surface area contributed by atoms with Crippen molar-refractivity contribution in [3.05, 3.63) is 54.1 Å². The molecule has 0 aliphatic carbocycles. The third kappa shape index (κ3) is 6.00. The van der Waals surface area contributed by atoms with E-state index in [1.807, 2.05) is 48.5 Å². The van der Waals surface area contributed by atoms with Crippen molar-refractivity contribution >= 4 is 7.82 Å². The minimum absolute atomic E-state index is 0.303. The smallest absolute Gasteiger partial charge is 0.403 e. The van der Waals surface area contributed by atoms with Crippen LogP contribution in [0, 0.1) is 5.92 Å². The topological polar surface area (TPSA) is 66.8 Å². The molecule has 0 aliphatic heterocycles. The summed E-state index contributed by atoms with van der Waals surface area (Å²) in [6, 6.07) is 15.2. The number of hydrogen-bond acceptors (Lipinski definition) is 2. The van der Waals surface area contributed by atoms with Crippen LogP contribution in [-0.2, 0) is 11.0 Å². The molecule has 0 aliphatic rings. The second-order valence-electron chi connectivity index (χ2n) is 6.36. The van der Waals surface area contributed by atoms with Gasteiger partial charge >= 0.3 is 7.82 Å². The van der Waals surface area contributed by atoms with Crippen LogP contribution in [0.25, 0.3) is 11.1 Å². The Labute approximate surface area is 150 Å². The van der Waals surface area contributed by atoms with Crippen LogP contribution in [0.1, 0.15) is 45.1 Å². The SMILES string of the molecule is CCCCC(CC)Cc1cccc(-c2ccccc2)c1OP(=O)(O)O. The van der Waals surface area contributed by atoms with Crippen LogP contribution in [0.15, 0.2) is 48.5 Å². The van der Waals surface area contributed by atoms with E-state index in [-0.39, 0.29) is 0 Å². The lowest BCUT2D eigenvalue weighted by Crippen LogP contribution is -2.06. The maximum Gasteiger partial charge on any atom is 0.524 e. The first-order chi connectivity index (χ1) is 11.9. The first kappa shape index (κ1) is 19.7. The van der Waals surface area contributed by atoms with E-state index in [2.05, 4.69) is 13.8 Å². The number of rotatable bonds is 9. The molecular formula is C20H27O4P. The fourth-order valence-electron chi connectivity index (χ4n) is 3.07. The highest BCUT2D eigenvalue weighted by atomic mass is 31.2. The van der Waals surface area contributed by atoms with Gasteiger partial charge in [-0.25, -0.2) is 4.57 Å². The minimum atomic E-state index is -4.63. The fourth-order valence-corrected chi connectivity index (χ4v) is 3.53. The molecule has 2 aromatic rings. The summed E-state index contributed by atoms with van der Waals surface area (Å²) in [7, 11) is -4.63. The number of benzene rings is 2. The molecule has 1 atom stereocenters. The summed E-state index contributed by atoms with van der Waals surface area (Å²) in [5.41, 5.74) is 2.45. The normalized spacial score (nSPS) is 12.8. The average Bonchev–Trinajstić information content (AvgIpc) is 2.59. The standard InChI is InChI=1S/C20H27O4P/c1-3-5-10-16(4-2)15-18-13-9-14-19(17-11-7-6-8-12-17)20(18)24-25(21,22)23/h6-9,11-14,16H,3-5,10,15H2,1-2H3,(H2,21,22,23). The Bertz CT molecular complexity index is 709. The molecule has 0 saturated carbocycles. The number of phosphoric acid groups is 1. The molecule has 5 heteroatoms. The van der Waals surface area contributed by atoms with Crippen LogP contribution in [0.5, 0.6) is 5.75 Å². The highest BCUT2D eigenvalue weighted by molar-refractivity contribution is 7.46. The van der Waals surface area contributed by atoms with Gasteiger partial charge in [0.05, 0.1) is 0 Å². The zero-order chi connectivity index (χ0) is 18.3. The number of hydrogen-bond donors (Lipinski definition) is 2. The van der Waals surface area contributed by atoms with Crippen molar-refractivity contribution in [1.29, 1.82) is 0 Å². The van der Waals surface area contributed by atoms with Crippen molar-refractivity contribution in [1.82, 2.24) is 0 Å². The van der Waals surface area contributed by atoms with E-state index < -0.39 is 7.82 Å². The average molecular weight is 362 g/mol. The van der Waals surface area contributed by atoms with Gasteiger partial charge in [-0.1, -0.05) is 88.1 Å². The lowest BCUT2D eigenvalue weighted by Gasteiger charge is -2.20. The molecule has 0 aromatic heterocycles. The maximum atomic E-state index is 11.5. The summed E-state index contributed by atoms with van der Waals surface area (Å²) in [6.45, 7) is 4.33. The van der Waals surface area contributed by atoms with E-state index in [1.165, 1.54) is 0 Å². The molecule has 0 spiro atoms. The van der Waals surface area contributed by atoms with Gasteiger partial charge in [0.1, 0.15) is 5.75 Å². The molecule has 0 bridgehead atoms. The quantitative estimate of drug-likeness (QED) is 0.571. The molecule has 1 unspecified atom stereocenters. The summed E-state index contributed by atoms with van der Waals surface area (Å²) < 4.78 is 16.7. The molecule has 0 saturated heterocycles. The van der Waals surface area contributed by atoms with Gasteiger partial charge in [0.2, 0.25) is 0 Å². The van der Waals surface area contributed by atoms with Gasteiger partial charge in [-0.2, -0.15) is 0 Å². The molecule has 4 nitrogen and oxygen atoms in total. The summed E-state index contributed by atoms with van der Waals surface area (Å²) >= 11 is 0. The fraction of sp³-hybridized carbons (Fsp3) is 0.400. The first-order valence-corrected chi connectivity index (χ1v) is 10.4. The van der Waals surface area contributed by atoms with E-state index in [0.29, 0.717) is 17.2 Å².